The number of nitrogens with zero attached hydrogens (tertiary/aromatic N) is 1. The van der Waals surface area contributed by atoms with Crippen LogP contribution in [0.3, 0.4) is 0 Å². The third-order valence-electron chi connectivity index (χ3n) is 5.20. The van der Waals surface area contributed by atoms with Crippen molar-refractivity contribution >= 4 is 0 Å². The van der Waals surface area contributed by atoms with E-state index in [1.807, 2.05) is 0 Å². The lowest BCUT2D eigenvalue weighted by Crippen LogP contribution is -2.37. The monoisotopic (exact) mass is 270 g/mol. The summed E-state index contributed by atoms with van der Waals surface area (Å²) in [6.45, 7) is 3.98. The van der Waals surface area contributed by atoms with Crippen molar-refractivity contribution in [1.82, 2.24) is 4.90 Å². The number of methoxy groups -OCH3 is 2. The summed E-state index contributed by atoms with van der Waals surface area (Å²) < 4.78 is 11.0. The van der Waals surface area contributed by atoms with E-state index < -0.39 is 0 Å². The molecule has 1 saturated heterocycles. The molecule has 2 rings (SSSR count). The zero-order chi connectivity index (χ0) is 13.7. The molecular formula is C15H30N2O2. The molecule has 1 saturated carbocycles. The summed E-state index contributed by atoms with van der Waals surface area (Å²) in [7, 11) is 3.56. The van der Waals surface area contributed by atoms with Crippen LogP contribution in [0.15, 0.2) is 0 Å². The predicted octanol–water partition coefficient (Wildman–Crippen LogP) is 1.63. The third-order valence-corrected chi connectivity index (χ3v) is 5.20. The molecule has 2 fully saturated rings. The molecule has 0 aromatic rings. The second kappa shape index (κ2) is 7.02. The van der Waals surface area contributed by atoms with E-state index in [2.05, 4.69) is 4.90 Å². The zero-order valence-electron chi connectivity index (χ0n) is 12.6. The van der Waals surface area contributed by atoms with Gasteiger partial charge in [0.1, 0.15) is 0 Å². The third kappa shape index (κ3) is 3.69. The van der Waals surface area contributed by atoms with Gasteiger partial charge in [0.2, 0.25) is 0 Å². The van der Waals surface area contributed by atoms with Crippen molar-refractivity contribution in [2.75, 3.05) is 40.4 Å². The summed E-state index contributed by atoms with van der Waals surface area (Å²) in [4.78, 5) is 2.48. The van der Waals surface area contributed by atoms with Crippen molar-refractivity contribution in [3.8, 4) is 0 Å². The SMILES string of the molecule is COC1CN(CCC2(CN)CCCCC2)CC1OC. The number of likely N-dealkylation sites (tertiary alicyclic amines) is 1. The Morgan fingerprint density at radius 2 is 1.63 bits per heavy atom. The summed E-state index contributed by atoms with van der Waals surface area (Å²) >= 11 is 0. The van der Waals surface area contributed by atoms with E-state index in [1.165, 1.54) is 38.5 Å². The second-order valence-electron chi connectivity index (χ2n) is 6.32. The normalized spacial score (nSPS) is 31.7. The maximum atomic E-state index is 6.06. The molecule has 4 heteroatoms. The Kier molecular flexibility index (Phi) is 5.63. The first-order valence-corrected chi connectivity index (χ1v) is 7.71. The molecule has 0 aromatic carbocycles. The summed E-state index contributed by atoms with van der Waals surface area (Å²) in [6.07, 6.45) is 8.43. The minimum absolute atomic E-state index is 0.227. The van der Waals surface area contributed by atoms with Crippen LogP contribution in [0.4, 0.5) is 0 Å². The molecule has 19 heavy (non-hydrogen) atoms. The summed E-state index contributed by atoms with van der Waals surface area (Å²) in [5.74, 6) is 0. The van der Waals surface area contributed by atoms with Gasteiger partial charge in [0.25, 0.3) is 0 Å². The number of hydrogen-bond donors (Lipinski definition) is 1. The zero-order valence-corrected chi connectivity index (χ0v) is 12.6. The Labute approximate surface area is 117 Å². The minimum Gasteiger partial charge on any atom is -0.377 e. The number of rotatable bonds is 6. The first-order valence-electron chi connectivity index (χ1n) is 7.71. The average Bonchev–Trinajstić information content (AvgIpc) is 2.88. The van der Waals surface area contributed by atoms with Crippen LogP contribution in [0, 0.1) is 5.41 Å². The largest absolute Gasteiger partial charge is 0.377 e. The Hall–Kier alpha value is -0.160. The molecule has 2 unspecified atom stereocenters. The summed E-state index contributed by atoms with van der Waals surface area (Å²) in [5, 5.41) is 0. The van der Waals surface area contributed by atoms with Crippen LogP contribution in [0.1, 0.15) is 38.5 Å². The van der Waals surface area contributed by atoms with E-state index in [1.54, 1.807) is 14.2 Å². The van der Waals surface area contributed by atoms with E-state index in [0.29, 0.717) is 5.41 Å². The Balaban J connectivity index is 1.81. The number of nitrogens with two attached hydrogens (primary N) is 1. The van der Waals surface area contributed by atoms with Gasteiger partial charge in [-0.25, -0.2) is 0 Å². The van der Waals surface area contributed by atoms with Gasteiger partial charge in [-0.1, -0.05) is 19.3 Å². The van der Waals surface area contributed by atoms with Gasteiger partial charge in [0.15, 0.2) is 0 Å². The van der Waals surface area contributed by atoms with Crippen molar-refractivity contribution in [2.24, 2.45) is 11.1 Å². The van der Waals surface area contributed by atoms with E-state index in [9.17, 15) is 0 Å². The summed E-state index contributed by atoms with van der Waals surface area (Å²) in [5.41, 5.74) is 6.47. The van der Waals surface area contributed by atoms with Gasteiger partial charge in [0.05, 0.1) is 12.2 Å². The van der Waals surface area contributed by atoms with Crippen LogP contribution in [-0.2, 0) is 9.47 Å². The van der Waals surface area contributed by atoms with Gasteiger partial charge in [-0.15, -0.1) is 0 Å². The molecule has 0 bridgehead atoms. The molecule has 1 heterocycles. The first-order chi connectivity index (χ1) is 9.23. The molecular weight excluding hydrogens is 240 g/mol. The fourth-order valence-electron chi connectivity index (χ4n) is 3.71. The van der Waals surface area contributed by atoms with Crippen LogP contribution in [-0.4, -0.2) is 57.5 Å². The van der Waals surface area contributed by atoms with E-state index in [0.717, 1.165) is 26.2 Å². The number of ether oxygens (including phenoxy) is 2. The van der Waals surface area contributed by atoms with Crippen molar-refractivity contribution < 1.29 is 9.47 Å². The van der Waals surface area contributed by atoms with Gasteiger partial charge in [0, 0.05) is 27.3 Å². The van der Waals surface area contributed by atoms with E-state index >= 15 is 0 Å². The summed E-state index contributed by atoms with van der Waals surface area (Å²) in [6, 6.07) is 0. The molecule has 2 N–H and O–H groups in total. The fourth-order valence-corrected chi connectivity index (χ4v) is 3.71. The van der Waals surface area contributed by atoms with Crippen LogP contribution in [0.25, 0.3) is 0 Å². The molecule has 4 nitrogen and oxygen atoms in total. The van der Waals surface area contributed by atoms with Gasteiger partial charge in [-0.2, -0.15) is 0 Å². The molecule has 1 aliphatic carbocycles. The second-order valence-corrected chi connectivity index (χ2v) is 6.32. The highest BCUT2D eigenvalue weighted by Crippen LogP contribution is 2.38. The maximum Gasteiger partial charge on any atom is 0.0971 e. The molecule has 0 aromatic heterocycles. The van der Waals surface area contributed by atoms with Gasteiger partial charge >= 0.3 is 0 Å². The Bertz CT molecular complexity index is 255. The van der Waals surface area contributed by atoms with Crippen molar-refractivity contribution in [3.05, 3.63) is 0 Å². The standard InChI is InChI=1S/C15H30N2O2/c1-18-13-10-17(11-14(13)19-2)9-8-15(12-16)6-4-3-5-7-15/h13-14H,3-12,16H2,1-2H3. The quantitative estimate of drug-likeness (QED) is 0.797. The van der Waals surface area contributed by atoms with Crippen molar-refractivity contribution in [3.63, 3.8) is 0 Å². The van der Waals surface area contributed by atoms with Gasteiger partial charge in [-0.05, 0) is 37.8 Å². The van der Waals surface area contributed by atoms with Gasteiger partial charge in [-0.3, -0.25) is 4.90 Å². The first kappa shape index (κ1) is 15.2. The van der Waals surface area contributed by atoms with Crippen molar-refractivity contribution in [1.29, 1.82) is 0 Å². The highest BCUT2D eigenvalue weighted by atomic mass is 16.5. The predicted molar refractivity (Wildman–Crippen MR) is 77.2 cm³/mol. The Morgan fingerprint density at radius 3 is 2.11 bits per heavy atom. The van der Waals surface area contributed by atoms with Crippen LogP contribution in [0.5, 0.6) is 0 Å². The number of hydrogen-bond acceptors (Lipinski definition) is 4. The van der Waals surface area contributed by atoms with Crippen LogP contribution < -0.4 is 5.73 Å². The minimum atomic E-state index is 0.227. The average molecular weight is 270 g/mol. The highest BCUT2D eigenvalue weighted by molar-refractivity contribution is 4.89. The lowest BCUT2D eigenvalue weighted by atomic mass is 9.72. The smallest absolute Gasteiger partial charge is 0.0971 e. The topological polar surface area (TPSA) is 47.7 Å². The molecule has 1 aliphatic heterocycles. The Morgan fingerprint density at radius 1 is 1.05 bits per heavy atom. The van der Waals surface area contributed by atoms with Crippen LogP contribution in [0.2, 0.25) is 0 Å². The van der Waals surface area contributed by atoms with Crippen LogP contribution >= 0.6 is 0 Å². The van der Waals surface area contributed by atoms with E-state index in [4.69, 9.17) is 15.2 Å². The highest BCUT2D eigenvalue weighted by Gasteiger charge is 2.35. The molecule has 2 aliphatic rings. The molecule has 0 radical (unpaired) electrons. The van der Waals surface area contributed by atoms with Gasteiger partial charge < -0.3 is 15.2 Å². The molecule has 0 amide bonds. The fraction of sp³-hybridized carbons (Fsp3) is 1.00. The lowest BCUT2D eigenvalue weighted by molar-refractivity contribution is -0.00461. The van der Waals surface area contributed by atoms with E-state index in [-0.39, 0.29) is 12.2 Å². The molecule has 112 valence electrons. The molecule has 2 atom stereocenters. The lowest BCUT2D eigenvalue weighted by Gasteiger charge is -2.37. The van der Waals surface area contributed by atoms with Crippen molar-refractivity contribution in [2.45, 2.75) is 50.7 Å². The maximum absolute atomic E-state index is 6.06. The molecule has 0 spiro atoms.